The van der Waals surface area contributed by atoms with Crippen molar-refractivity contribution in [3.63, 3.8) is 0 Å². The lowest BCUT2D eigenvalue weighted by Gasteiger charge is -2.29. The van der Waals surface area contributed by atoms with E-state index in [1.54, 1.807) is 12.4 Å². The van der Waals surface area contributed by atoms with Crippen LogP contribution in [-0.2, 0) is 4.74 Å². The number of nitrogens with two attached hydrogens (primary N) is 1. The van der Waals surface area contributed by atoms with E-state index < -0.39 is 0 Å². The first-order valence-electron chi connectivity index (χ1n) is 9.19. The van der Waals surface area contributed by atoms with Gasteiger partial charge in [0.05, 0.1) is 36.3 Å². The molecular weight excluding hydrogens is 352 g/mol. The standard InChI is InChI=1S/C21H22N6O/c1-14-18-12-26-21(23-2)10-17(18)15(11-24-14)3-4-16-9-20(19(22)13-25-16)27-5-7-28-8-6-27/h9-13H,5-8,22H2,1-2H3,(H,23,26). The number of rotatable bonds is 2. The van der Waals surface area contributed by atoms with Gasteiger partial charge in [-0.05, 0) is 25.0 Å². The van der Waals surface area contributed by atoms with Crippen molar-refractivity contribution in [1.82, 2.24) is 15.0 Å². The zero-order valence-corrected chi connectivity index (χ0v) is 16.0. The van der Waals surface area contributed by atoms with Gasteiger partial charge in [0.1, 0.15) is 11.5 Å². The zero-order chi connectivity index (χ0) is 19.5. The molecule has 7 heteroatoms. The van der Waals surface area contributed by atoms with E-state index in [1.807, 2.05) is 32.3 Å². The maximum absolute atomic E-state index is 6.13. The Morgan fingerprint density at radius 2 is 1.86 bits per heavy atom. The Bertz CT molecular complexity index is 1080. The fourth-order valence-electron chi connectivity index (χ4n) is 3.24. The summed E-state index contributed by atoms with van der Waals surface area (Å²) >= 11 is 0. The molecule has 28 heavy (non-hydrogen) atoms. The molecule has 4 rings (SSSR count). The normalized spacial score (nSPS) is 13.9. The summed E-state index contributed by atoms with van der Waals surface area (Å²) in [7, 11) is 1.85. The van der Waals surface area contributed by atoms with Gasteiger partial charge in [-0.3, -0.25) is 4.98 Å². The van der Waals surface area contributed by atoms with Crippen molar-refractivity contribution in [2.75, 3.05) is 49.3 Å². The van der Waals surface area contributed by atoms with Crippen LogP contribution in [0.15, 0.2) is 30.7 Å². The van der Waals surface area contributed by atoms with Gasteiger partial charge in [-0.15, -0.1) is 0 Å². The maximum atomic E-state index is 6.13. The first-order chi connectivity index (χ1) is 13.7. The summed E-state index contributed by atoms with van der Waals surface area (Å²) in [6.07, 6.45) is 5.29. The van der Waals surface area contributed by atoms with Crippen LogP contribution in [0.1, 0.15) is 17.0 Å². The number of hydrogen-bond donors (Lipinski definition) is 2. The fraction of sp³-hybridized carbons (Fsp3) is 0.286. The van der Waals surface area contributed by atoms with Crippen molar-refractivity contribution < 1.29 is 4.74 Å². The first kappa shape index (κ1) is 18.0. The third kappa shape index (κ3) is 3.55. The smallest absolute Gasteiger partial charge is 0.126 e. The summed E-state index contributed by atoms with van der Waals surface area (Å²) in [4.78, 5) is 15.4. The Hall–Kier alpha value is -3.37. The molecule has 1 saturated heterocycles. The minimum Gasteiger partial charge on any atom is -0.396 e. The fourth-order valence-corrected chi connectivity index (χ4v) is 3.24. The SMILES string of the molecule is CNc1cc2c(C#Cc3cc(N4CCOCC4)c(N)cn3)cnc(C)c2cn1. The van der Waals surface area contributed by atoms with Crippen LogP contribution in [0.4, 0.5) is 17.2 Å². The summed E-state index contributed by atoms with van der Waals surface area (Å²) in [5.41, 5.74) is 10.2. The molecule has 0 spiro atoms. The second-order valence-corrected chi connectivity index (χ2v) is 6.60. The number of pyridine rings is 3. The van der Waals surface area contributed by atoms with E-state index in [1.165, 1.54) is 0 Å². The largest absolute Gasteiger partial charge is 0.396 e. The number of morpholine rings is 1. The van der Waals surface area contributed by atoms with E-state index >= 15 is 0 Å². The number of ether oxygens (including phenoxy) is 1. The minimum absolute atomic E-state index is 0.652. The summed E-state index contributed by atoms with van der Waals surface area (Å²) < 4.78 is 5.42. The highest BCUT2D eigenvalue weighted by Gasteiger charge is 2.14. The molecule has 3 aromatic heterocycles. The number of fused-ring (bicyclic) bond motifs is 1. The Balaban J connectivity index is 1.72. The monoisotopic (exact) mass is 374 g/mol. The lowest BCUT2D eigenvalue weighted by atomic mass is 10.1. The summed E-state index contributed by atoms with van der Waals surface area (Å²) in [5, 5.41) is 5.08. The molecule has 0 bridgehead atoms. The van der Waals surface area contributed by atoms with Gasteiger partial charge in [0.2, 0.25) is 0 Å². The van der Waals surface area contributed by atoms with Gasteiger partial charge in [-0.2, -0.15) is 0 Å². The van der Waals surface area contributed by atoms with Crippen LogP contribution < -0.4 is 16.0 Å². The van der Waals surface area contributed by atoms with Crippen molar-refractivity contribution in [2.24, 2.45) is 0 Å². The van der Waals surface area contributed by atoms with Crippen molar-refractivity contribution in [1.29, 1.82) is 0 Å². The molecular formula is C21H22N6O. The maximum Gasteiger partial charge on any atom is 0.126 e. The van der Waals surface area contributed by atoms with Crippen LogP contribution in [0.25, 0.3) is 10.8 Å². The molecule has 7 nitrogen and oxygen atoms in total. The molecule has 0 atom stereocenters. The topological polar surface area (TPSA) is 89.2 Å². The molecule has 1 fully saturated rings. The average molecular weight is 374 g/mol. The number of nitrogens with one attached hydrogen (secondary N) is 1. The van der Waals surface area contributed by atoms with Crippen molar-refractivity contribution in [2.45, 2.75) is 6.92 Å². The van der Waals surface area contributed by atoms with Gasteiger partial charge in [0, 0.05) is 49.0 Å². The predicted octanol–water partition coefficient (Wildman–Crippen LogP) is 2.19. The second kappa shape index (κ2) is 7.71. The van der Waals surface area contributed by atoms with Crippen LogP contribution in [0.5, 0.6) is 0 Å². The lowest BCUT2D eigenvalue weighted by Crippen LogP contribution is -2.36. The molecule has 3 N–H and O–H groups in total. The third-order valence-electron chi connectivity index (χ3n) is 4.82. The van der Waals surface area contributed by atoms with Crippen LogP contribution in [0, 0.1) is 18.8 Å². The lowest BCUT2D eigenvalue weighted by molar-refractivity contribution is 0.123. The number of nitrogens with zero attached hydrogens (tertiary/aromatic N) is 4. The number of hydrogen-bond acceptors (Lipinski definition) is 7. The molecule has 0 saturated carbocycles. The molecule has 0 radical (unpaired) electrons. The van der Waals surface area contributed by atoms with Gasteiger partial charge in [-0.25, -0.2) is 9.97 Å². The molecule has 4 heterocycles. The molecule has 142 valence electrons. The van der Waals surface area contributed by atoms with Gasteiger partial charge >= 0.3 is 0 Å². The summed E-state index contributed by atoms with van der Waals surface area (Å²) in [6.45, 7) is 4.99. The Morgan fingerprint density at radius 3 is 2.64 bits per heavy atom. The molecule has 3 aromatic rings. The Labute approximate surface area is 164 Å². The van der Waals surface area contributed by atoms with Gasteiger partial charge in [0.15, 0.2) is 0 Å². The molecule has 0 aromatic carbocycles. The molecule has 1 aliphatic rings. The number of nitrogen functional groups attached to an aromatic ring is 1. The molecule has 0 aliphatic carbocycles. The van der Waals surface area contributed by atoms with Crippen molar-refractivity contribution >= 4 is 28.0 Å². The van der Waals surface area contributed by atoms with Gasteiger partial charge in [0.25, 0.3) is 0 Å². The quantitative estimate of drug-likeness (QED) is 0.665. The Kier molecular flexibility index (Phi) is 4.96. The average Bonchev–Trinajstić information content (AvgIpc) is 2.74. The van der Waals surface area contributed by atoms with Crippen molar-refractivity contribution in [3.8, 4) is 11.8 Å². The van der Waals surface area contributed by atoms with E-state index in [-0.39, 0.29) is 0 Å². The predicted molar refractivity (Wildman–Crippen MR) is 111 cm³/mol. The van der Waals surface area contributed by atoms with E-state index in [4.69, 9.17) is 10.5 Å². The van der Waals surface area contributed by atoms with E-state index in [2.05, 4.69) is 37.0 Å². The van der Waals surface area contributed by atoms with E-state index in [0.29, 0.717) is 24.6 Å². The molecule has 0 unspecified atom stereocenters. The first-order valence-corrected chi connectivity index (χ1v) is 9.19. The second-order valence-electron chi connectivity index (χ2n) is 6.60. The van der Waals surface area contributed by atoms with E-state index in [9.17, 15) is 0 Å². The Morgan fingerprint density at radius 1 is 1.04 bits per heavy atom. The highest BCUT2D eigenvalue weighted by atomic mass is 16.5. The number of aryl methyl sites for hydroxylation is 1. The highest BCUT2D eigenvalue weighted by molar-refractivity contribution is 5.90. The van der Waals surface area contributed by atoms with Crippen LogP contribution in [0.3, 0.4) is 0 Å². The van der Waals surface area contributed by atoms with Crippen LogP contribution >= 0.6 is 0 Å². The van der Waals surface area contributed by atoms with Gasteiger partial charge < -0.3 is 20.7 Å². The van der Waals surface area contributed by atoms with Gasteiger partial charge in [-0.1, -0.05) is 5.92 Å². The van der Waals surface area contributed by atoms with E-state index in [0.717, 1.165) is 46.6 Å². The van der Waals surface area contributed by atoms with Crippen LogP contribution in [-0.4, -0.2) is 48.3 Å². The summed E-state index contributed by atoms with van der Waals surface area (Å²) in [5.74, 6) is 7.17. The number of aromatic nitrogens is 3. The molecule has 0 amide bonds. The zero-order valence-electron chi connectivity index (χ0n) is 16.0. The van der Waals surface area contributed by atoms with Crippen molar-refractivity contribution in [3.05, 3.63) is 47.7 Å². The molecule has 1 aliphatic heterocycles. The number of anilines is 3. The van der Waals surface area contributed by atoms with Crippen LogP contribution in [0.2, 0.25) is 0 Å². The third-order valence-corrected chi connectivity index (χ3v) is 4.82. The summed E-state index contributed by atoms with van der Waals surface area (Å²) in [6, 6.07) is 3.93. The minimum atomic E-state index is 0.652. The highest BCUT2D eigenvalue weighted by Crippen LogP contribution is 2.25.